The Morgan fingerprint density at radius 2 is 1.96 bits per heavy atom. The van der Waals surface area contributed by atoms with Gasteiger partial charge in [-0.3, -0.25) is 9.79 Å². The van der Waals surface area contributed by atoms with E-state index in [4.69, 9.17) is 4.74 Å². The van der Waals surface area contributed by atoms with Crippen molar-refractivity contribution in [1.29, 1.82) is 0 Å². The molecule has 0 unspecified atom stereocenters. The summed E-state index contributed by atoms with van der Waals surface area (Å²) in [5.74, 6) is 0.585. The first kappa shape index (κ1) is 19.2. The second-order valence-corrected chi connectivity index (χ2v) is 5.38. The number of para-hydroxylation sites is 1. The number of nitrogens with one attached hydrogen (secondary N) is 3. The number of halogens is 1. The quantitative estimate of drug-likeness (QED) is 0.525. The van der Waals surface area contributed by atoms with Gasteiger partial charge in [-0.1, -0.05) is 24.3 Å². The van der Waals surface area contributed by atoms with Gasteiger partial charge in [0.15, 0.2) is 5.96 Å². The molecule has 0 aliphatic heterocycles. The maximum Gasteiger partial charge on any atom is 0.243 e. The zero-order valence-corrected chi connectivity index (χ0v) is 14.9. The molecule has 0 fully saturated rings. The van der Waals surface area contributed by atoms with E-state index in [1.807, 2.05) is 31.2 Å². The van der Waals surface area contributed by atoms with Crippen LogP contribution in [0.4, 0.5) is 10.1 Å². The van der Waals surface area contributed by atoms with Gasteiger partial charge in [0.1, 0.15) is 11.6 Å². The van der Waals surface area contributed by atoms with Crippen molar-refractivity contribution in [3.63, 3.8) is 0 Å². The van der Waals surface area contributed by atoms with Gasteiger partial charge in [0, 0.05) is 24.8 Å². The molecular formula is C19H23FN4O2. The molecule has 6 nitrogen and oxygen atoms in total. The first-order valence-corrected chi connectivity index (χ1v) is 8.33. The van der Waals surface area contributed by atoms with E-state index in [-0.39, 0.29) is 12.5 Å². The lowest BCUT2D eigenvalue weighted by atomic mass is 10.2. The Morgan fingerprint density at radius 1 is 1.15 bits per heavy atom. The number of guanidine groups is 1. The van der Waals surface area contributed by atoms with Crippen LogP contribution in [0, 0.1) is 5.82 Å². The topological polar surface area (TPSA) is 74.8 Å². The highest BCUT2D eigenvalue weighted by molar-refractivity contribution is 5.94. The largest absolute Gasteiger partial charge is 0.494 e. The summed E-state index contributed by atoms with van der Waals surface area (Å²) in [7, 11) is 1.62. The predicted molar refractivity (Wildman–Crippen MR) is 101 cm³/mol. The molecule has 0 saturated carbocycles. The van der Waals surface area contributed by atoms with Crippen molar-refractivity contribution >= 4 is 17.6 Å². The van der Waals surface area contributed by atoms with Gasteiger partial charge in [-0.25, -0.2) is 4.39 Å². The van der Waals surface area contributed by atoms with E-state index < -0.39 is 5.82 Å². The second-order valence-electron chi connectivity index (χ2n) is 5.38. The van der Waals surface area contributed by atoms with Crippen molar-refractivity contribution in [2.24, 2.45) is 4.99 Å². The van der Waals surface area contributed by atoms with E-state index in [1.165, 1.54) is 18.2 Å². The average Bonchev–Trinajstić information content (AvgIpc) is 2.63. The number of anilines is 1. The standard InChI is InChI=1S/C19H23FN4O2/c1-3-26-17-10-5-4-7-14(17)12-22-19(21-2)23-13-18(25)24-16-9-6-8-15(20)11-16/h4-11H,3,12-13H2,1-2H3,(H,24,25)(H2,21,22,23). The van der Waals surface area contributed by atoms with Crippen LogP contribution in [0.5, 0.6) is 5.75 Å². The molecule has 0 heterocycles. The molecule has 0 bridgehead atoms. The normalized spacial score (nSPS) is 11.0. The van der Waals surface area contributed by atoms with Gasteiger partial charge in [-0.05, 0) is 31.2 Å². The maximum atomic E-state index is 13.1. The molecule has 1 amide bonds. The third kappa shape index (κ3) is 6.08. The summed E-state index contributed by atoms with van der Waals surface area (Å²) in [6.45, 7) is 3.02. The Hall–Kier alpha value is -3.09. The minimum atomic E-state index is -0.402. The fourth-order valence-electron chi connectivity index (χ4n) is 2.28. The van der Waals surface area contributed by atoms with Crippen molar-refractivity contribution in [1.82, 2.24) is 10.6 Å². The van der Waals surface area contributed by atoms with E-state index in [9.17, 15) is 9.18 Å². The SMILES string of the molecule is CCOc1ccccc1CNC(=NC)NCC(=O)Nc1cccc(F)c1. The average molecular weight is 358 g/mol. The summed E-state index contributed by atoms with van der Waals surface area (Å²) in [4.78, 5) is 16.0. The molecule has 2 aromatic carbocycles. The molecule has 2 rings (SSSR count). The number of carbonyl (C=O) groups is 1. The van der Waals surface area contributed by atoms with E-state index in [0.29, 0.717) is 24.8 Å². The van der Waals surface area contributed by atoms with E-state index >= 15 is 0 Å². The van der Waals surface area contributed by atoms with Gasteiger partial charge in [-0.2, -0.15) is 0 Å². The van der Waals surface area contributed by atoms with Crippen LogP contribution >= 0.6 is 0 Å². The number of benzene rings is 2. The van der Waals surface area contributed by atoms with Crippen molar-refractivity contribution < 1.29 is 13.9 Å². The molecule has 138 valence electrons. The monoisotopic (exact) mass is 358 g/mol. The van der Waals surface area contributed by atoms with Gasteiger partial charge >= 0.3 is 0 Å². The van der Waals surface area contributed by atoms with Gasteiger partial charge in [-0.15, -0.1) is 0 Å². The Bertz CT molecular complexity index is 765. The number of ether oxygens (including phenoxy) is 1. The zero-order chi connectivity index (χ0) is 18.8. The van der Waals surface area contributed by atoms with E-state index in [2.05, 4.69) is 20.9 Å². The first-order valence-electron chi connectivity index (χ1n) is 8.33. The third-order valence-electron chi connectivity index (χ3n) is 3.47. The zero-order valence-electron chi connectivity index (χ0n) is 14.9. The molecule has 0 aromatic heterocycles. The number of hydrogen-bond donors (Lipinski definition) is 3. The Labute approximate surface area is 152 Å². The fraction of sp³-hybridized carbons (Fsp3) is 0.263. The number of hydrogen-bond acceptors (Lipinski definition) is 3. The van der Waals surface area contributed by atoms with Crippen molar-refractivity contribution in [2.75, 3.05) is 25.5 Å². The Balaban J connectivity index is 1.83. The van der Waals surface area contributed by atoms with Crippen LogP contribution in [0.3, 0.4) is 0 Å². The van der Waals surface area contributed by atoms with Crippen molar-refractivity contribution in [3.05, 3.63) is 59.9 Å². The van der Waals surface area contributed by atoms with Gasteiger partial charge in [0.25, 0.3) is 0 Å². The van der Waals surface area contributed by atoms with Gasteiger partial charge in [0.05, 0.1) is 13.2 Å². The molecule has 0 spiro atoms. The number of amides is 1. The summed E-state index contributed by atoms with van der Waals surface area (Å²) in [5, 5.41) is 8.67. The molecule has 0 saturated heterocycles. The molecule has 3 N–H and O–H groups in total. The predicted octanol–water partition coefficient (Wildman–Crippen LogP) is 2.53. The summed E-state index contributed by atoms with van der Waals surface area (Å²) in [6, 6.07) is 13.5. The summed E-state index contributed by atoms with van der Waals surface area (Å²) in [6.07, 6.45) is 0. The lowest BCUT2D eigenvalue weighted by Gasteiger charge is -2.14. The van der Waals surface area contributed by atoms with Gasteiger partial charge in [0.2, 0.25) is 5.91 Å². The molecule has 0 atom stereocenters. The van der Waals surface area contributed by atoms with Crippen LogP contribution in [0.1, 0.15) is 12.5 Å². The van der Waals surface area contributed by atoms with E-state index in [1.54, 1.807) is 13.1 Å². The lowest BCUT2D eigenvalue weighted by Crippen LogP contribution is -2.41. The number of aliphatic imine (C=N–C) groups is 1. The van der Waals surface area contributed by atoms with Crippen LogP contribution < -0.4 is 20.7 Å². The highest BCUT2D eigenvalue weighted by atomic mass is 19.1. The first-order chi connectivity index (χ1) is 12.6. The smallest absolute Gasteiger partial charge is 0.243 e. The van der Waals surface area contributed by atoms with Crippen LogP contribution in [0.2, 0.25) is 0 Å². The highest BCUT2D eigenvalue weighted by Gasteiger charge is 2.07. The summed E-state index contributed by atoms with van der Waals surface area (Å²) in [5.41, 5.74) is 1.40. The second kappa shape index (κ2) is 10.0. The summed E-state index contributed by atoms with van der Waals surface area (Å²) >= 11 is 0. The van der Waals surface area contributed by atoms with Crippen LogP contribution in [-0.2, 0) is 11.3 Å². The lowest BCUT2D eigenvalue weighted by molar-refractivity contribution is -0.115. The van der Waals surface area contributed by atoms with Crippen molar-refractivity contribution in [2.45, 2.75) is 13.5 Å². The number of nitrogens with zero attached hydrogens (tertiary/aromatic N) is 1. The maximum absolute atomic E-state index is 13.1. The van der Waals surface area contributed by atoms with Crippen LogP contribution in [-0.4, -0.2) is 32.1 Å². The molecule has 0 aliphatic carbocycles. The number of carbonyl (C=O) groups excluding carboxylic acids is 1. The Morgan fingerprint density at radius 3 is 2.69 bits per heavy atom. The van der Waals surface area contributed by atoms with Gasteiger partial charge < -0.3 is 20.7 Å². The van der Waals surface area contributed by atoms with Crippen molar-refractivity contribution in [3.8, 4) is 5.75 Å². The minimum absolute atomic E-state index is 0.00327. The van der Waals surface area contributed by atoms with Crippen LogP contribution in [0.15, 0.2) is 53.5 Å². The molecule has 0 aliphatic rings. The molecule has 2 aromatic rings. The Kier molecular flexibility index (Phi) is 7.42. The molecule has 7 heteroatoms. The van der Waals surface area contributed by atoms with Crippen LogP contribution in [0.25, 0.3) is 0 Å². The molecule has 0 radical (unpaired) electrons. The minimum Gasteiger partial charge on any atom is -0.494 e. The molecular weight excluding hydrogens is 335 g/mol. The molecule has 26 heavy (non-hydrogen) atoms. The number of rotatable bonds is 7. The third-order valence-corrected chi connectivity index (χ3v) is 3.47. The summed E-state index contributed by atoms with van der Waals surface area (Å²) < 4.78 is 18.7. The van der Waals surface area contributed by atoms with E-state index in [0.717, 1.165) is 11.3 Å². The fourth-order valence-corrected chi connectivity index (χ4v) is 2.28. The highest BCUT2D eigenvalue weighted by Crippen LogP contribution is 2.17.